The predicted molar refractivity (Wildman–Crippen MR) is 279 cm³/mol. The zero-order valence-corrected chi connectivity index (χ0v) is 43.4. The minimum absolute atomic E-state index is 0.0285. The van der Waals surface area contributed by atoms with Crippen LogP contribution >= 0.6 is 0 Å². The molecule has 0 spiro atoms. The first-order chi connectivity index (χ1) is 36.8. The lowest BCUT2D eigenvalue weighted by Crippen LogP contribution is -2.51. The molecule has 0 saturated carbocycles. The number of ketones is 1. The van der Waals surface area contributed by atoms with Gasteiger partial charge in [0.1, 0.15) is 17.9 Å². The minimum Gasteiger partial charge on any atom is -0.480 e. The number of amides is 5. The van der Waals surface area contributed by atoms with E-state index in [4.69, 9.17) is 0 Å². The van der Waals surface area contributed by atoms with Crippen LogP contribution in [0.4, 0.5) is 4.79 Å². The van der Waals surface area contributed by atoms with Gasteiger partial charge in [-0.15, -0.1) is 0 Å². The number of unbranched alkanes of at least 4 members (excludes halogenated alkanes) is 2. The van der Waals surface area contributed by atoms with Crippen LogP contribution in [0.15, 0.2) is 60.8 Å². The molecule has 1 aromatic heterocycles. The molecule has 0 unspecified atom stereocenters. The van der Waals surface area contributed by atoms with Gasteiger partial charge in [0.2, 0.25) is 11.8 Å². The summed E-state index contributed by atoms with van der Waals surface area (Å²) in [5.74, 6) is -6.95. The summed E-state index contributed by atoms with van der Waals surface area (Å²) in [6.07, 6.45) is 3.13. The molecular formula is C52H72N10O15. The number of aromatic nitrogens is 1. The molecule has 1 fully saturated rings. The second kappa shape index (κ2) is 32.7. The number of rotatable bonds is 30. The Kier molecular flexibility index (Phi) is 26.3. The van der Waals surface area contributed by atoms with Crippen LogP contribution < -0.4 is 21.3 Å². The highest BCUT2D eigenvalue weighted by Gasteiger charge is 2.26. The van der Waals surface area contributed by atoms with Crippen molar-refractivity contribution in [2.24, 2.45) is 0 Å². The summed E-state index contributed by atoms with van der Waals surface area (Å²) in [6, 6.07) is 12.4. The molecule has 0 bridgehead atoms. The van der Waals surface area contributed by atoms with E-state index < -0.39 is 48.0 Å². The molecule has 0 radical (unpaired) electrons. The second-order valence-electron chi connectivity index (χ2n) is 18.9. The van der Waals surface area contributed by atoms with Crippen LogP contribution in [0.5, 0.6) is 0 Å². The van der Waals surface area contributed by atoms with E-state index in [2.05, 4.69) is 26.3 Å². The van der Waals surface area contributed by atoms with E-state index in [0.717, 1.165) is 16.3 Å². The Morgan fingerprint density at radius 1 is 0.584 bits per heavy atom. The molecule has 2 aromatic carbocycles. The molecule has 5 amide bonds. The van der Waals surface area contributed by atoms with Gasteiger partial charge >= 0.3 is 35.9 Å². The van der Waals surface area contributed by atoms with Gasteiger partial charge in [0, 0.05) is 102 Å². The van der Waals surface area contributed by atoms with Crippen LogP contribution in [0.3, 0.4) is 0 Å². The Balaban J connectivity index is 1.27. The largest absolute Gasteiger partial charge is 0.480 e. The van der Waals surface area contributed by atoms with Crippen molar-refractivity contribution in [3.63, 3.8) is 0 Å². The number of hydrogen-bond donors (Lipinski definition) is 9. The fourth-order valence-electron chi connectivity index (χ4n) is 8.53. The summed E-state index contributed by atoms with van der Waals surface area (Å²) >= 11 is 0. The Morgan fingerprint density at radius 2 is 1.12 bits per heavy atom. The van der Waals surface area contributed by atoms with Gasteiger partial charge in [0.15, 0.2) is 0 Å². The molecule has 25 heteroatoms. The van der Waals surface area contributed by atoms with Crippen molar-refractivity contribution >= 4 is 70.2 Å². The summed E-state index contributed by atoms with van der Waals surface area (Å²) < 4.78 is 0. The first kappa shape index (κ1) is 61.9. The predicted octanol–water partition coefficient (Wildman–Crippen LogP) is 1.00. The normalized spacial score (nSPS) is 14.9. The number of nitrogens with zero attached hydrogens (tertiary/aromatic N) is 6. The lowest BCUT2D eigenvalue weighted by Gasteiger charge is -2.32. The average Bonchev–Trinajstić information content (AvgIpc) is 3.37. The maximum absolute atomic E-state index is 14.1. The van der Waals surface area contributed by atoms with E-state index in [1.165, 1.54) is 6.92 Å². The van der Waals surface area contributed by atoms with E-state index in [0.29, 0.717) is 50.2 Å². The molecule has 0 aliphatic carbocycles. The summed E-state index contributed by atoms with van der Waals surface area (Å²) in [5.41, 5.74) is 1.73. The molecule has 9 N–H and O–H groups in total. The van der Waals surface area contributed by atoms with E-state index in [1.807, 2.05) is 35.2 Å². The zero-order valence-electron chi connectivity index (χ0n) is 43.4. The number of hydrogen-bond acceptors (Lipinski definition) is 15. The standard InChI is InChI=1S/C52H72N10O15/c1-36(63)12-17-42(51(75)76)57-52(77)56-41(50(73)74)10-5-7-21-62(31-43-40-9-3-2-8-38(40)18-20-53-43)49(72)39-15-13-37(14-16-39)30-55-44(64)11-4-6-19-54-45(65)32-58-22-24-59(33-46(66)67)26-28-61(35-48(70)71)29-27-60(25-23-58)34-47(68)69/h2-3,8-9,13-16,18,20,41-42H,4-7,10-12,17,19,21-35H2,1H3,(H,54,65)(H,55,64)(H,66,67)(H,68,69)(H,70,71)(H,73,74)(H,75,76)(H2,56,57,77)/t41-,42-/m1/s1. The maximum Gasteiger partial charge on any atom is 0.326 e. The smallest absolute Gasteiger partial charge is 0.326 e. The number of nitrogens with one attached hydrogen (secondary N) is 4. The quantitative estimate of drug-likeness (QED) is 0.0421. The van der Waals surface area contributed by atoms with Crippen LogP contribution in [-0.4, -0.2) is 218 Å². The van der Waals surface area contributed by atoms with Crippen molar-refractivity contribution in [2.75, 3.05) is 91.6 Å². The fraction of sp³-hybridized carbons (Fsp3) is 0.519. The molecule has 2 atom stereocenters. The molecule has 1 saturated heterocycles. The number of pyridine rings is 1. The van der Waals surface area contributed by atoms with Crippen molar-refractivity contribution in [1.29, 1.82) is 0 Å². The fourth-order valence-corrected chi connectivity index (χ4v) is 8.53. The number of carboxylic acid groups (broad SMARTS) is 5. The van der Waals surface area contributed by atoms with Crippen LogP contribution in [0, 0.1) is 0 Å². The second-order valence-corrected chi connectivity index (χ2v) is 18.9. The Bertz CT molecular complexity index is 2460. The molecular weight excluding hydrogens is 1000 g/mol. The molecule has 2 heterocycles. The van der Waals surface area contributed by atoms with E-state index in [9.17, 15) is 73.5 Å². The topological polar surface area (TPSA) is 349 Å². The van der Waals surface area contributed by atoms with Crippen LogP contribution in [0.2, 0.25) is 0 Å². The van der Waals surface area contributed by atoms with Gasteiger partial charge in [-0.3, -0.25) is 53.4 Å². The third-order valence-corrected chi connectivity index (χ3v) is 12.8. The SMILES string of the molecule is CC(=O)CC[C@@H](NC(=O)N[C@H](CCCCN(Cc1nccc2ccccc12)C(=O)c1ccc(CNC(=O)CCCCNC(=O)CN2CCN(CC(=O)O)CCN(CC(=O)O)CCN(CC(=O)O)CC2)cc1)C(=O)O)C(=O)O. The lowest BCUT2D eigenvalue weighted by atomic mass is 10.1. The lowest BCUT2D eigenvalue weighted by molar-refractivity contribution is -0.140. The van der Waals surface area contributed by atoms with Gasteiger partial charge in [-0.05, 0) is 74.6 Å². The van der Waals surface area contributed by atoms with E-state index in [1.54, 1.807) is 50.1 Å². The number of carboxylic acids is 5. The first-order valence-electron chi connectivity index (χ1n) is 25.6. The van der Waals surface area contributed by atoms with Gasteiger partial charge < -0.3 is 56.5 Å². The van der Waals surface area contributed by atoms with Gasteiger partial charge in [0.05, 0.1) is 38.4 Å². The van der Waals surface area contributed by atoms with Gasteiger partial charge in [-0.1, -0.05) is 36.4 Å². The van der Waals surface area contributed by atoms with E-state index in [-0.39, 0.29) is 141 Å². The van der Waals surface area contributed by atoms with Crippen molar-refractivity contribution in [3.8, 4) is 0 Å². The summed E-state index contributed by atoms with van der Waals surface area (Å²) in [6.45, 7) is 3.42. The van der Waals surface area contributed by atoms with Crippen molar-refractivity contribution in [3.05, 3.63) is 77.6 Å². The van der Waals surface area contributed by atoms with Crippen molar-refractivity contribution in [1.82, 2.24) is 50.8 Å². The zero-order chi connectivity index (χ0) is 56.3. The Hall–Kier alpha value is -7.61. The van der Waals surface area contributed by atoms with Gasteiger partial charge in [0.25, 0.3) is 5.91 Å². The monoisotopic (exact) mass is 1080 g/mol. The average molecular weight is 1080 g/mol. The van der Waals surface area contributed by atoms with Crippen molar-refractivity contribution < 1.29 is 73.5 Å². The summed E-state index contributed by atoms with van der Waals surface area (Å²) in [7, 11) is 0. The van der Waals surface area contributed by atoms with E-state index >= 15 is 0 Å². The molecule has 1 aliphatic rings. The number of Topliss-reactive ketones (excluding diaryl/α,β-unsaturated/α-hetero) is 1. The Morgan fingerprint density at radius 3 is 1.65 bits per heavy atom. The highest BCUT2D eigenvalue weighted by molar-refractivity contribution is 5.95. The van der Waals surface area contributed by atoms with Crippen LogP contribution in [0.25, 0.3) is 10.8 Å². The number of urea groups is 1. The highest BCUT2D eigenvalue weighted by atomic mass is 16.4. The molecule has 77 heavy (non-hydrogen) atoms. The van der Waals surface area contributed by atoms with Crippen molar-refractivity contribution in [2.45, 2.75) is 83.5 Å². The number of benzene rings is 2. The number of aliphatic carboxylic acids is 5. The maximum atomic E-state index is 14.1. The van der Waals surface area contributed by atoms with Gasteiger partial charge in [-0.2, -0.15) is 0 Å². The van der Waals surface area contributed by atoms with Crippen LogP contribution in [0.1, 0.15) is 79.9 Å². The molecule has 4 rings (SSSR count). The molecule has 25 nitrogen and oxygen atoms in total. The molecule has 1 aliphatic heterocycles. The summed E-state index contributed by atoms with van der Waals surface area (Å²) in [4.78, 5) is 135. The molecule has 420 valence electrons. The summed E-state index contributed by atoms with van der Waals surface area (Å²) in [5, 5.41) is 59.7. The number of carbonyl (C=O) groups is 10. The number of fused-ring (bicyclic) bond motifs is 1. The van der Waals surface area contributed by atoms with Crippen LogP contribution in [-0.2, 0) is 51.4 Å². The Labute approximate surface area is 445 Å². The van der Waals surface area contributed by atoms with Gasteiger partial charge in [-0.25, -0.2) is 14.4 Å². The highest BCUT2D eigenvalue weighted by Crippen LogP contribution is 2.20. The number of carbonyl (C=O) groups excluding carboxylic acids is 5. The molecule has 3 aromatic rings. The third kappa shape index (κ3) is 23.9. The minimum atomic E-state index is -1.39. The first-order valence-corrected chi connectivity index (χ1v) is 25.6. The third-order valence-electron chi connectivity index (χ3n) is 12.8.